The zero-order valence-corrected chi connectivity index (χ0v) is 6.89. The Balaban J connectivity index is 2.89. The van der Waals surface area contributed by atoms with Crippen molar-refractivity contribution in [3.63, 3.8) is 0 Å². The van der Waals surface area contributed by atoms with Gasteiger partial charge in [-0.05, 0) is 12.2 Å². The first-order chi connectivity index (χ1) is 4.81. The lowest BCUT2D eigenvalue weighted by molar-refractivity contribution is 0.0420. The molecule has 0 aromatic carbocycles. The van der Waals surface area contributed by atoms with Crippen LogP contribution in [0.25, 0.3) is 0 Å². The van der Waals surface area contributed by atoms with Crippen LogP contribution in [-0.4, -0.2) is 36.7 Å². The summed E-state index contributed by atoms with van der Waals surface area (Å²) in [6.45, 7) is 1.26. The number of thiol groups is 1. The molecule has 1 atom stereocenters. The summed E-state index contributed by atoms with van der Waals surface area (Å²) in [4.78, 5) is 0. The molecule has 0 aliphatic heterocycles. The summed E-state index contributed by atoms with van der Waals surface area (Å²) in [7, 11) is 0. The van der Waals surface area contributed by atoms with Crippen LogP contribution in [0.5, 0.6) is 0 Å². The first-order valence-corrected chi connectivity index (χ1v) is 4.01. The van der Waals surface area contributed by atoms with Gasteiger partial charge in [0.1, 0.15) is 0 Å². The van der Waals surface area contributed by atoms with Gasteiger partial charge in [-0.1, -0.05) is 0 Å². The number of hydrogen-bond donors (Lipinski definition) is 3. The molecule has 3 nitrogen and oxygen atoms in total. The molecule has 10 heavy (non-hydrogen) atoms. The third-order valence-electron chi connectivity index (χ3n) is 1.03. The summed E-state index contributed by atoms with van der Waals surface area (Å²) in [5, 5.41) is 8.89. The maximum absolute atomic E-state index is 8.89. The van der Waals surface area contributed by atoms with E-state index in [9.17, 15) is 0 Å². The van der Waals surface area contributed by atoms with Gasteiger partial charge in [0.05, 0.1) is 12.7 Å². The molecule has 0 rings (SSSR count). The number of rotatable bonds is 6. The Hall–Kier alpha value is 0.230. The normalized spacial score (nSPS) is 13.5. The molecule has 3 N–H and O–H groups in total. The molecule has 0 saturated carbocycles. The average Bonchev–Trinajstić information content (AvgIpc) is 1.98. The van der Waals surface area contributed by atoms with Gasteiger partial charge in [0.25, 0.3) is 0 Å². The third-order valence-corrected chi connectivity index (χ3v) is 1.35. The van der Waals surface area contributed by atoms with Gasteiger partial charge in [-0.3, -0.25) is 0 Å². The van der Waals surface area contributed by atoms with Crippen LogP contribution in [-0.2, 0) is 4.74 Å². The molecule has 0 aromatic heterocycles. The molecule has 0 bridgehead atoms. The Kier molecular flexibility index (Phi) is 7.51. The third kappa shape index (κ3) is 6.35. The summed E-state index contributed by atoms with van der Waals surface area (Å²) >= 11 is 4.00. The first-order valence-electron chi connectivity index (χ1n) is 3.38. The van der Waals surface area contributed by atoms with E-state index in [1.165, 1.54) is 0 Å². The van der Waals surface area contributed by atoms with E-state index in [1.807, 2.05) is 0 Å². The molecule has 0 fully saturated rings. The molecule has 62 valence electrons. The molecule has 4 heteroatoms. The summed E-state index contributed by atoms with van der Waals surface area (Å²) < 4.78 is 5.05. The number of aliphatic hydroxyl groups excluding tert-OH is 1. The van der Waals surface area contributed by atoms with Crippen LogP contribution < -0.4 is 5.73 Å². The monoisotopic (exact) mass is 165 g/mol. The molecule has 0 aliphatic carbocycles. The second kappa shape index (κ2) is 7.34. The summed E-state index contributed by atoms with van der Waals surface area (Å²) in [5.74, 6) is 0.818. The van der Waals surface area contributed by atoms with E-state index >= 15 is 0 Å². The molecule has 0 amide bonds. The predicted molar refractivity (Wildman–Crippen MR) is 44.4 cm³/mol. The van der Waals surface area contributed by atoms with Crippen LogP contribution >= 0.6 is 12.6 Å². The Morgan fingerprint density at radius 2 is 2.30 bits per heavy atom. The van der Waals surface area contributed by atoms with Crippen molar-refractivity contribution in [3.8, 4) is 0 Å². The minimum atomic E-state index is -0.514. The van der Waals surface area contributed by atoms with Crippen LogP contribution in [0.1, 0.15) is 6.42 Å². The fraction of sp³-hybridized carbons (Fsp3) is 1.00. The van der Waals surface area contributed by atoms with Crippen LogP contribution in [0, 0.1) is 0 Å². The highest BCUT2D eigenvalue weighted by Crippen LogP contribution is 1.87. The number of hydrogen-bond acceptors (Lipinski definition) is 4. The standard InChI is InChI=1S/C6H15NO2S/c7-4-6(8)5-9-2-1-3-10/h6,8,10H,1-5,7H2. The van der Waals surface area contributed by atoms with Crippen molar-refractivity contribution < 1.29 is 9.84 Å². The van der Waals surface area contributed by atoms with E-state index in [-0.39, 0.29) is 6.54 Å². The second-order valence-electron chi connectivity index (χ2n) is 2.04. The van der Waals surface area contributed by atoms with Gasteiger partial charge >= 0.3 is 0 Å². The zero-order valence-electron chi connectivity index (χ0n) is 5.99. The van der Waals surface area contributed by atoms with E-state index < -0.39 is 6.10 Å². The van der Waals surface area contributed by atoms with Crippen molar-refractivity contribution >= 4 is 12.6 Å². The van der Waals surface area contributed by atoms with Crippen molar-refractivity contribution in [2.24, 2.45) is 5.73 Å². The predicted octanol–water partition coefficient (Wildman–Crippen LogP) is -0.358. The van der Waals surface area contributed by atoms with Gasteiger partial charge in [0.2, 0.25) is 0 Å². The quantitative estimate of drug-likeness (QED) is 0.372. The van der Waals surface area contributed by atoms with Gasteiger partial charge in [-0.15, -0.1) is 0 Å². The van der Waals surface area contributed by atoms with E-state index in [2.05, 4.69) is 12.6 Å². The highest BCUT2D eigenvalue weighted by Gasteiger charge is 1.98. The van der Waals surface area contributed by atoms with E-state index in [0.29, 0.717) is 13.2 Å². The van der Waals surface area contributed by atoms with Crippen LogP contribution in [0.4, 0.5) is 0 Å². The SMILES string of the molecule is NCC(O)COCCCS. The van der Waals surface area contributed by atoms with Gasteiger partial charge in [0, 0.05) is 13.2 Å². The molecule has 0 aliphatic rings. The molecular weight excluding hydrogens is 150 g/mol. The van der Waals surface area contributed by atoms with Crippen molar-refractivity contribution in [1.29, 1.82) is 0 Å². The first kappa shape index (κ1) is 10.2. The van der Waals surface area contributed by atoms with Gasteiger partial charge in [-0.2, -0.15) is 12.6 Å². The Labute approximate surface area is 67.0 Å². The molecule has 0 heterocycles. The van der Waals surface area contributed by atoms with Crippen molar-refractivity contribution in [2.75, 3.05) is 25.5 Å². The van der Waals surface area contributed by atoms with Crippen LogP contribution in [0.3, 0.4) is 0 Å². The lowest BCUT2D eigenvalue weighted by Gasteiger charge is -2.07. The van der Waals surface area contributed by atoms with E-state index in [0.717, 1.165) is 12.2 Å². The Morgan fingerprint density at radius 1 is 1.60 bits per heavy atom. The maximum atomic E-state index is 8.89. The maximum Gasteiger partial charge on any atom is 0.0895 e. The molecule has 0 aromatic rings. The Bertz CT molecular complexity index is 72.8. The molecule has 1 unspecified atom stereocenters. The highest BCUT2D eigenvalue weighted by molar-refractivity contribution is 7.80. The summed E-state index contributed by atoms with van der Waals surface area (Å²) in [6, 6.07) is 0. The van der Waals surface area contributed by atoms with Crippen molar-refractivity contribution in [1.82, 2.24) is 0 Å². The second-order valence-corrected chi connectivity index (χ2v) is 2.49. The van der Waals surface area contributed by atoms with Gasteiger partial charge in [-0.25, -0.2) is 0 Å². The van der Waals surface area contributed by atoms with Gasteiger partial charge in [0.15, 0.2) is 0 Å². The number of nitrogens with two attached hydrogens (primary N) is 1. The summed E-state index contributed by atoms with van der Waals surface area (Å²) in [5.41, 5.74) is 5.14. The fourth-order valence-corrected chi connectivity index (χ4v) is 0.583. The van der Waals surface area contributed by atoms with E-state index in [1.54, 1.807) is 0 Å². The topological polar surface area (TPSA) is 55.5 Å². The lowest BCUT2D eigenvalue weighted by atomic mass is 10.4. The zero-order chi connectivity index (χ0) is 7.82. The van der Waals surface area contributed by atoms with Gasteiger partial charge < -0.3 is 15.6 Å². The largest absolute Gasteiger partial charge is 0.389 e. The Morgan fingerprint density at radius 3 is 2.80 bits per heavy atom. The van der Waals surface area contributed by atoms with Crippen LogP contribution in [0.2, 0.25) is 0 Å². The van der Waals surface area contributed by atoms with Crippen LogP contribution in [0.15, 0.2) is 0 Å². The fourth-order valence-electron chi connectivity index (χ4n) is 0.454. The van der Waals surface area contributed by atoms with Crippen molar-refractivity contribution in [2.45, 2.75) is 12.5 Å². The minimum absolute atomic E-state index is 0.265. The summed E-state index contributed by atoms with van der Waals surface area (Å²) in [6.07, 6.45) is 0.403. The molecular formula is C6H15NO2S. The molecule has 0 saturated heterocycles. The lowest BCUT2D eigenvalue weighted by Crippen LogP contribution is -2.25. The molecule has 0 spiro atoms. The number of ether oxygens (including phenoxy) is 1. The molecule has 0 radical (unpaired) electrons. The smallest absolute Gasteiger partial charge is 0.0895 e. The van der Waals surface area contributed by atoms with E-state index in [4.69, 9.17) is 15.6 Å². The highest BCUT2D eigenvalue weighted by atomic mass is 32.1. The van der Waals surface area contributed by atoms with Crippen molar-refractivity contribution in [3.05, 3.63) is 0 Å². The minimum Gasteiger partial charge on any atom is -0.389 e. The number of aliphatic hydroxyl groups is 1. The average molecular weight is 165 g/mol.